The first-order valence-corrected chi connectivity index (χ1v) is 11.3. The summed E-state index contributed by atoms with van der Waals surface area (Å²) in [7, 11) is 0. The summed E-state index contributed by atoms with van der Waals surface area (Å²) in [4.78, 5) is 32.7. The Bertz CT molecular complexity index is 1100. The maximum absolute atomic E-state index is 13.5. The van der Waals surface area contributed by atoms with Gasteiger partial charge in [0, 0.05) is 11.4 Å². The first-order chi connectivity index (χ1) is 13.5. The highest BCUT2D eigenvalue weighted by Gasteiger charge is 2.25. The third kappa shape index (κ3) is 3.37. The minimum atomic E-state index is -0.340. The van der Waals surface area contributed by atoms with Gasteiger partial charge in [-0.3, -0.25) is 14.2 Å². The fourth-order valence-corrected chi connectivity index (χ4v) is 5.81. The number of carbonyl (C=O) groups excluding carboxylic acids is 1. The molecule has 0 radical (unpaired) electrons. The minimum Gasteiger partial charge on any atom is -0.355 e. The Labute approximate surface area is 172 Å². The number of aromatic nitrogens is 2. The van der Waals surface area contributed by atoms with Crippen LogP contribution in [-0.2, 0) is 17.6 Å². The number of thiophene rings is 1. The van der Waals surface area contributed by atoms with Crippen LogP contribution in [0.5, 0.6) is 0 Å². The predicted molar refractivity (Wildman–Crippen MR) is 116 cm³/mol. The van der Waals surface area contributed by atoms with Crippen molar-refractivity contribution in [2.24, 2.45) is 0 Å². The topological polar surface area (TPSA) is 64.0 Å². The molecule has 0 saturated carbocycles. The van der Waals surface area contributed by atoms with Gasteiger partial charge >= 0.3 is 0 Å². The lowest BCUT2D eigenvalue weighted by molar-refractivity contribution is -0.120. The maximum Gasteiger partial charge on any atom is 0.267 e. The van der Waals surface area contributed by atoms with Gasteiger partial charge in [-0.2, -0.15) is 0 Å². The number of rotatable bonds is 5. The average molecular weight is 414 g/mol. The molecule has 5 nitrogen and oxygen atoms in total. The van der Waals surface area contributed by atoms with Crippen molar-refractivity contribution in [1.82, 2.24) is 14.9 Å². The molecule has 1 aliphatic carbocycles. The van der Waals surface area contributed by atoms with Crippen LogP contribution in [0.4, 0.5) is 0 Å². The molecule has 0 bridgehead atoms. The van der Waals surface area contributed by atoms with Crippen molar-refractivity contribution in [2.75, 3.05) is 6.54 Å². The molecular formula is C21H23N3O2S2. The molecule has 2 aromatic heterocycles. The van der Waals surface area contributed by atoms with E-state index < -0.39 is 0 Å². The zero-order chi connectivity index (χ0) is 19.8. The SMILES string of the molecule is CCNC(=O)[C@H](C)Sc1nc2sc3c(c2c(=O)n1-c1ccc(C)cc1)CCC3. The van der Waals surface area contributed by atoms with Gasteiger partial charge in [-0.25, -0.2) is 4.98 Å². The van der Waals surface area contributed by atoms with Gasteiger partial charge in [0.2, 0.25) is 5.91 Å². The second-order valence-corrected chi connectivity index (χ2v) is 9.45. The van der Waals surface area contributed by atoms with Crippen molar-refractivity contribution in [3.05, 3.63) is 50.6 Å². The molecule has 0 spiro atoms. The molecule has 1 amide bonds. The number of benzene rings is 1. The molecule has 1 N–H and O–H groups in total. The standard InChI is InChI=1S/C21H23N3O2S2/c1-4-22-18(25)13(3)27-21-23-19-17(15-6-5-7-16(15)28-19)20(26)24(21)14-10-8-12(2)9-11-14/h8-11,13H,4-7H2,1-3H3,(H,22,25)/t13-/m0/s1. The average Bonchev–Trinajstić information content (AvgIpc) is 3.24. The van der Waals surface area contributed by atoms with E-state index in [0.717, 1.165) is 40.7 Å². The van der Waals surface area contributed by atoms with Gasteiger partial charge in [-0.15, -0.1) is 11.3 Å². The Morgan fingerprint density at radius 3 is 2.79 bits per heavy atom. The molecule has 0 fully saturated rings. The van der Waals surface area contributed by atoms with Gasteiger partial charge in [0.25, 0.3) is 5.56 Å². The molecule has 4 rings (SSSR count). The number of nitrogens with one attached hydrogen (secondary N) is 1. The summed E-state index contributed by atoms with van der Waals surface area (Å²) in [5.74, 6) is -0.0500. The second-order valence-electron chi connectivity index (χ2n) is 7.06. The minimum absolute atomic E-state index is 0.0288. The molecule has 2 heterocycles. The van der Waals surface area contributed by atoms with Crippen molar-refractivity contribution in [2.45, 2.75) is 50.4 Å². The first-order valence-electron chi connectivity index (χ1n) is 9.58. The summed E-state index contributed by atoms with van der Waals surface area (Å²) in [6.45, 7) is 6.35. The number of hydrogen-bond acceptors (Lipinski definition) is 5. The summed E-state index contributed by atoms with van der Waals surface area (Å²) in [5.41, 5.74) is 3.06. The van der Waals surface area contributed by atoms with E-state index in [-0.39, 0.29) is 16.7 Å². The molecule has 1 aliphatic rings. The lowest BCUT2D eigenvalue weighted by atomic mass is 10.2. The van der Waals surface area contributed by atoms with Crippen LogP contribution < -0.4 is 10.9 Å². The molecule has 3 aromatic rings. The number of fused-ring (bicyclic) bond motifs is 3. The van der Waals surface area contributed by atoms with Crippen LogP contribution in [0.25, 0.3) is 15.9 Å². The Morgan fingerprint density at radius 2 is 2.07 bits per heavy atom. The number of amides is 1. The van der Waals surface area contributed by atoms with E-state index in [1.807, 2.05) is 45.0 Å². The van der Waals surface area contributed by atoms with Crippen molar-refractivity contribution >= 4 is 39.2 Å². The van der Waals surface area contributed by atoms with Crippen molar-refractivity contribution in [1.29, 1.82) is 0 Å². The highest BCUT2D eigenvalue weighted by Crippen LogP contribution is 2.36. The molecular weight excluding hydrogens is 390 g/mol. The van der Waals surface area contributed by atoms with Crippen molar-refractivity contribution in [3.8, 4) is 5.69 Å². The number of hydrogen-bond donors (Lipinski definition) is 1. The summed E-state index contributed by atoms with van der Waals surface area (Å²) in [6, 6.07) is 7.87. The monoisotopic (exact) mass is 413 g/mol. The second kappa shape index (κ2) is 7.72. The van der Waals surface area contributed by atoms with Gasteiger partial charge < -0.3 is 5.32 Å². The van der Waals surface area contributed by atoms with E-state index in [1.54, 1.807) is 15.9 Å². The predicted octanol–water partition coefficient (Wildman–Crippen LogP) is 3.86. The molecule has 0 unspecified atom stereocenters. The van der Waals surface area contributed by atoms with Gasteiger partial charge in [0.05, 0.1) is 16.3 Å². The third-order valence-corrected chi connectivity index (χ3v) is 7.24. The molecule has 28 heavy (non-hydrogen) atoms. The van der Waals surface area contributed by atoms with E-state index in [0.29, 0.717) is 11.7 Å². The number of aryl methyl sites for hydroxylation is 3. The lowest BCUT2D eigenvalue weighted by Gasteiger charge is -2.16. The fraction of sp³-hybridized carbons (Fsp3) is 0.381. The first kappa shape index (κ1) is 19.2. The van der Waals surface area contributed by atoms with Crippen LogP contribution in [0.3, 0.4) is 0 Å². The zero-order valence-corrected chi connectivity index (χ0v) is 17.9. The Kier molecular flexibility index (Phi) is 5.29. The van der Waals surface area contributed by atoms with Crippen LogP contribution in [-0.4, -0.2) is 27.3 Å². The third-order valence-electron chi connectivity index (χ3n) is 5.00. The molecule has 0 aliphatic heterocycles. The molecule has 1 atom stereocenters. The summed E-state index contributed by atoms with van der Waals surface area (Å²) < 4.78 is 1.67. The smallest absolute Gasteiger partial charge is 0.267 e. The van der Waals surface area contributed by atoms with E-state index in [9.17, 15) is 9.59 Å². The summed E-state index contributed by atoms with van der Waals surface area (Å²) in [5, 5.41) is 3.83. The molecule has 7 heteroatoms. The number of thioether (sulfide) groups is 1. The Hall–Kier alpha value is -2.12. The van der Waals surface area contributed by atoms with E-state index in [4.69, 9.17) is 4.98 Å². The largest absolute Gasteiger partial charge is 0.355 e. The Balaban J connectivity index is 1.89. The van der Waals surface area contributed by atoms with Crippen LogP contribution >= 0.6 is 23.1 Å². The molecule has 0 saturated heterocycles. The van der Waals surface area contributed by atoms with Gasteiger partial charge in [0.1, 0.15) is 4.83 Å². The normalized spacial score (nSPS) is 14.2. The highest BCUT2D eigenvalue weighted by molar-refractivity contribution is 8.00. The summed E-state index contributed by atoms with van der Waals surface area (Å²) >= 11 is 2.96. The van der Waals surface area contributed by atoms with Gasteiger partial charge in [0.15, 0.2) is 5.16 Å². The summed E-state index contributed by atoms with van der Waals surface area (Å²) in [6.07, 6.45) is 3.08. The Morgan fingerprint density at radius 1 is 1.32 bits per heavy atom. The van der Waals surface area contributed by atoms with Crippen LogP contribution in [0.15, 0.2) is 34.2 Å². The number of nitrogens with zero attached hydrogens (tertiary/aromatic N) is 2. The fourth-order valence-electron chi connectivity index (χ4n) is 3.55. The van der Waals surface area contributed by atoms with Gasteiger partial charge in [-0.1, -0.05) is 29.5 Å². The van der Waals surface area contributed by atoms with E-state index in [2.05, 4.69) is 5.32 Å². The lowest BCUT2D eigenvalue weighted by Crippen LogP contribution is -2.31. The highest BCUT2D eigenvalue weighted by atomic mass is 32.2. The molecule has 146 valence electrons. The van der Waals surface area contributed by atoms with E-state index in [1.165, 1.54) is 22.2 Å². The zero-order valence-electron chi connectivity index (χ0n) is 16.2. The van der Waals surface area contributed by atoms with Crippen LogP contribution in [0.2, 0.25) is 0 Å². The van der Waals surface area contributed by atoms with Crippen LogP contribution in [0, 0.1) is 6.92 Å². The maximum atomic E-state index is 13.5. The molecule has 1 aromatic carbocycles. The van der Waals surface area contributed by atoms with Crippen molar-refractivity contribution in [3.63, 3.8) is 0 Å². The van der Waals surface area contributed by atoms with E-state index >= 15 is 0 Å². The van der Waals surface area contributed by atoms with Crippen molar-refractivity contribution < 1.29 is 4.79 Å². The van der Waals surface area contributed by atoms with Gasteiger partial charge in [-0.05, 0) is 57.7 Å². The quantitative estimate of drug-likeness (QED) is 0.510. The van der Waals surface area contributed by atoms with Crippen LogP contribution in [0.1, 0.15) is 36.3 Å². The number of carbonyl (C=O) groups is 1.